The lowest BCUT2D eigenvalue weighted by molar-refractivity contribution is 0.0995. The fraction of sp³-hybridized carbons (Fsp3) is 0.286. The Balaban J connectivity index is 1.76. The molecule has 0 bridgehead atoms. The highest BCUT2D eigenvalue weighted by Gasteiger charge is 2.18. The summed E-state index contributed by atoms with van der Waals surface area (Å²) in [6, 6.07) is 18.1. The highest BCUT2D eigenvalue weighted by Crippen LogP contribution is 2.35. The molecule has 0 aliphatic rings. The maximum atomic E-state index is 6.13. The average molecular weight is 387 g/mol. The molecular formula is C21H23ClN2OS. The van der Waals surface area contributed by atoms with E-state index in [0.717, 1.165) is 26.5 Å². The summed E-state index contributed by atoms with van der Waals surface area (Å²) in [5.41, 5.74) is 2.26. The molecule has 2 aromatic carbocycles. The number of imidazole rings is 1. The van der Waals surface area contributed by atoms with Gasteiger partial charge in [0.2, 0.25) is 0 Å². The number of hydrogen-bond donors (Lipinski definition) is 0. The zero-order valence-corrected chi connectivity index (χ0v) is 16.8. The van der Waals surface area contributed by atoms with Gasteiger partial charge in [-0.05, 0) is 29.7 Å². The maximum Gasteiger partial charge on any atom is 0.135 e. The van der Waals surface area contributed by atoms with Gasteiger partial charge in [0.05, 0.1) is 12.3 Å². The molecule has 3 nitrogen and oxygen atoms in total. The Hall–Kier alpha value is -1.75. The van der Waals surface area contributed by atoms with E-state index in [0.29, 0.717) is 19.1 Å². The van der Waals surface area contributed by atoms with E-state index in [9.17, 15) is 0 Å². The van der Waals surface area contributed by atoms with Crippen molar-refractivity contribution >= 4 is 23.4 Å². The van der Waals surface area contributed by atoms with E-state index in [1.807, 2.05) is 43.4 Å². The lowest BCUT2D eigenvalue weighted by Crippen LogP contribution is -2.02. The van der Waals surface area contributed by atoms with E-state index < -0.39 is 0 Å². The van der Waals surface area contributed by atoms with Crippen molar-refractivity contribution in [3.8, 4) is 0 Å². The number of benzene rings is 2. The number of rotatable bonds is 7. The number of hydrogen-bond acceptors (Lipinski definition) is 3. The van der Waals surface area contributed by atoms with Crippen molar-refractivity contribution in [2.45, 2.75) is 42.9 Å². The smallest absolute Gasteiger partial charge is 0.135 e. The van der Waals surface area contributed by atoms with Crippen LogP contribution in [0.5, 0.6) is 0 Å². The van der Waals surface area contributed by atoms with Gasteiger partial charge in [0, 0.05) is 17.0 Å². The molecule has 1 heterocycles. The van der Waals surface area contributed by atoms with E-state index in [-0.39, 0.29) is 0 Å². The maximum absolute atomic E-state index is 6.13. The lowest BCUT2D eigenvalue weighted by Gasteiger charge is -2.09. The topological polar surface area (TPSA) is 27.1 Å². The van der Waals surface area contributed by atoms with Crippen LogP contribution < -0.4 is 0 Å². The summed E-state index contributed by atoms with van der Waals surface area (Å²) in [5, 5.41) is 1.88. The molecule has 0 N–H and O–H groups in total. The van der Waals surface area contributed by atoms with Gasteiger partial charge in [0.1, 0.15) is 17.5 Å². The predicted octanol–water partition coefficient (Wildman–Crippen LogP) is 6.06. The highest BCUT2D eigenvalue weighted by molar-refractivity contribution is 7.99. The summed E-state index contributed by atoms with van der Waals surface area (Å²) in [4.78, 5) is 5.95. The third-order valence-corrected chi connectivity index (χ3v) is 5.46. The third kappa shape index (κ3) is 4.70. The van der Waals surface area contributed by atoms with Gasteiger partial charge in [-0.25, -0.2) is 4.98 Å². The molecule has 0 saturated heterocycles. The molecule has 136 valence electrons. The molecule has 0 aliphatic carbocycles. The Morgan fingerprint density at radius 3 is 2.54 bits per heavy atom. The van der Waals surface area contributed by atoms with Crippen molar-refractivity contribution in [1.29, 1.82) is 0 Å². The fourth-order valence-electron chi connectivity index (χ4n) is 2.65. The standard InChI is InChI=1S/C21H23ClN2OS/c1-15(2)20-21(26-18-11-7-10-17(22)12-18)24(3)19(23-20)14-25-13-16-8-5-4-6-9-16/h4-12,15H,13-14H2,1-3H3. The van der Waals surface area contributed by atoms with Crippen molar-refractivity contribution in [1.82, 2.24) is 9.55 Å². The fourth-order valence-corrected chi connectivity index (χ4v) is 4.09. The molecule has 26 heavy (non-hydrogen) atoms. The van der Waals surface area contributed by atoms with E-state index in [1.165, 1.54) is 5.56 Å². The second-order valence-corrected chi connectivity index (χ2v) is 7.97. The third-order valence-electron chi connectivity index (χ3n) is 4.06. The van der Waals surface area contributed by atoms with E-state index in [4.69, 9.17) is 21.3 Å². The van der Waals surface area contributed by atoms with Crippen molar-refractivity contribution < 1.29 is 4.74 Å². The van der Waals surface area contributed by atoms with Crippen molar-refractivity contribution in [2.75, 3.05) is 0 Å². The second-order valence-electron chi connectivity index (χ2n) is 6.47. The van der Waals surface area contributed by atoms with Gasteiger partial charge < -0.3 is 9.30 Å². The first-order valence-corrected chi connectivity index (χ1v) is 9.84. The Morgan fingerprint density at radius 2 is 1.85 bits per heavy atom. The molecule has 1 aromatic heterocycles. The summed E-state index contributed by atoms with van der Waals surface area (Å²) in [6.07, 6.45) is 0. The summed E-state index contributed by atoms with van der Waals surface area (Å²) >= 11 is 7.82. The van der Waals surface area contributed by atoms with E-state index in [2.05, 4.69) is 36.6 Å². The molecule has 0 unspecified atom stereocenters. The van der Waals surface area contributed by atoms with Gasteiger partial charge in [-0.3, -0.25) is 0 Å². The van der Waals surface area contributed by atoms with Gasteiger partial charge in [-0.15, -0.1) is 0 Å². The number of nitrogens with zero attached hydrogens (tertiary/aromatic N) is 2. The van der Waals surface area contributed by atoms with Crippen LogP contribution in [0.4, 0.5) is 0 Å². The van der Waals surface area contributed by atoms with Gasteiger partial charge in [-0.2, -0.15) is 0 Å². The highest BCUT2D eigenvalue weighted by atomic mass is 35.5. The minimum atomic E-state index is 0.339. The van der Waals surface area contributed by atoms with Gasteiger partial charge in [-0.1, -0.05) is 73.6 Å². The molecule has 0 saturated carbocycles. The predicted molar refractivity (Wildman–Crippen MR) is 108 cm³/mol. The van der Waals surface area contributed by atoms with Gasteiger partial charge in [0.15, 0.2) is 0 Å². The first-order valence-electron chi connectivity index (χ1n) is 8.65. The quantitative estimate of drug-likeness (QED) is 0.493. The van der Waals surface area contributed by atoms with Crippen LogP contribution in [0.1, 0.15) is 36.8 Å². The molecule has 0 amide bonds. The SMILES string of the molecule is CC(C)c1nc(COCc2ccccc2)n(C)c1Sc1cccc(Cl)c1. The first kappa shape index (κ1) is 19.0. The van der Waals surface area contributed by atoms with Crippen LogP contribution in [0.3, 0.4) is 0 Å². The summed E-state index contributed by atoms with van der Waals surface area (Å²) in [6.45, 7) is 5.40. The first-order chi connectivity index (χ1) is 12.5. The van der Waals surface area contributed by atoms with Crippen LogP contribution >= 0.6 is 23.4 Å². The van der Waals surface area contributed by atoms with Crippen molar-refractivity contribution in [3.05, 3.63) is 76.7 Å². The average Bonchev–Trinajstić information content (AvgIpc) is 2.93. The van der Waals surface area contributed by atoms with Gasteiger partial charge in [0.25, 0.3) is 0 Å². The minimum Gasteiger partial charge on any atom is -0.369 e. The normalized spacial score (nSPS) is 11.3. The summed E-state index contributed by atoms with van der Waals surface area (Å²) < 4.78 is 8.02. The second kappa shape index (κ2) is 8.76. The zero-order chi connectivity index (χ0) is 18.5. The minimum absolute atomic E-state index is 0.339. The number of aromatic nitrogens is 2. The Bertz CT molecular complexity index is 862. The van der Waals surface area contributed by atoms with Crippen LogP contribution in [0, 0.1) is 0 Å². The van der Waals surface area contributed by atoms with E-state index in [1.54, 1.807) is 11.8 Å². The van der Waals surface area contributed by atoms with Crippen molar-refractivity contribution in [3.63, 3.8) is 0 Å². The monoisotopic (exact) mass is 386 g/mol. The molecule has 0 spiro atoms. The molecule has 0 fully saturated rings. The number of halogens is 1. The Labute approximate surface area is 164 Å². The zero-order valence-electron chi connectivity index (χ0n) is 15.3. The Kier molecular flexibility index (Phi) is 6.41. The molecule has 0 atom stereocenters. The number of ether oxygens (including phenoxy) is 1. The van der Waals surface area contributed by atoms with Crippen LogP contribution in [0.25, 0.3) is 0 Å². The molecule has 0 radical (unpaired) electrons. The van der Waals surface area contributed by atoms with Crippen LogP contribution in [-0.2, 0) is 25.0 Å². The Morgan fingerprint density at radius 1 is 1.08 bits per heavy atom. The van der Waals surface area contributed by atoms with Gasteiger partial charge >= 0.3 is 0 Å². The summed E-state index contributed by atoms with van der Waals surface area (Å²) in [5.74, 6) is 1.28. The molecule has 3 aromatic rings. The van der Waals surface area contributed by atoms with Crippen LogP contribution in [-0.4, -0.2) is 9.55 Å². The van der Waals surface area contributed by atoms with Crippen LogP contribution in [0.15, 0.2) is 64.5 Å². The largest absolute Gasteiger partial charge is 0.369 e. The van der Waals surface area contributed by atoms with Crippen LogP contribution in [0.2, 0.25) is 5.02 Å². The molecular weight excluding hydrogens is 364 g/mol. The lowest BCUT2D eigenvalue weighted by atomic mass is 10.2. The molecule has 3 rings (SSSR count). The van der Waals surface area contributed by atoms with E-state index >= 15 is 0 Å². The van der Waals surface area contributed by atoms with Crippen molar-refractivity contribution in [2.24, 2.45) is 7.05 Å². The molecule has 5 heteroatoms. The molecule has 0 aliphatic heterocycles. The summed E-state index contributed by atoms with van der Waals surface area (Å²) in [7, 11) is 2.05.